The van der Waals surface area contributed by atoms with E-state index in [0.717, 1.165) is 44.2 Å². The van der Waals surface area contributed by atoms with Gasteiger partial charge in [-0.05, 0) is 43.4 Å². The summed E-state index contributed by atoms with van der Waals surface area (Å²) in [7, 11) is -3.49. The molecule has 0 N–H and O–H groups in total. The van der Waals surface area contributed by atoms with Gasteiger partial charge in [0.25, 0.3) is 0 Å². The molecule has 33 heavy (non-hydrogen) atoms. The number of halogens is 4. The van der Waals surface area contributed by atoms with Gasteiger partial charge in [0.1, 0.15) is 25.0 Å². The molecule has 0 spiro atoms. The quantitative estimate of drug-likeness (QED) is 0.256. The van der Waals surface area contributed by atoms with Crippen LogP contribution in [-0.2, 0) is 0 Å². The first-order valence-corrected chi connectivity index (χ1v) is 15.5. The van der Waals surface area contributed by atoms with E-state index in [2.05, 4.69) is 16.6 Å². The van der Waals surface area contributed by atoms with Gasteiger partial charge in [0.15, 0.2) is 17.0 Å². The molecule has 8 heteroatoms. The van der Waals surface area contributed by atoms with Crippen molar-refractivity contribution in [3.05, 3.63) is 89.2 Å². The summed E-state index contributed by atoms with van der Waals surface area (Å²) in [4.78, 5) is 0. The lowest BCUT2D eigenvalue weighted by molar-refractivity contribution is 0.314. The van der Waals surface area contributed by atoms with Crippen LogP contribution >= 0.6 is 23.7 Å². The third-order valence-electron chi connectivity index (χ3n) is 7.00. The molecule has 2 aromatic carbocycles. The molecule has 170 valence electrons. The minimum Gasteiger partial charge on any atom is -0.242 e. The van der Waals surface area contributed by atoms with Crippen LogP contribution in [0.2, 0.25) is 0 Å². The van der Waals surface area contributed by atoms with E-state index in [9.17, 15) is 8.78 Å². The van der Waals surface area contributed by atoms with Crippen LogP contribution < -0.4 is 10.3 Å². The largest absolute Gasteiger partial charge is 0.242 e. The van der Waals surface area contributed by atoms with Gasteiger partial charge in [-0.1, -0.05) is 36.8 Å². The first kappa shape index (κ1) is 22.1. The van der Waals surface area contributed by atoms with E-state index in [-0.39, 0.29) is 11.4 Å². The second-order valence-corrected chi connectivity index (χ2v) is 16.6. The molecule has 1 saturated carbocycles. The van der Waals surface area contributed by atoms with Gasteiger partial charge in [-0.2, -0.15) is 0 Å². The fourth-order valence-electron chi connectivity index (χ4n) is 5.34. The zero-order valence-electron chi connectivity index (χ0n) is 17.8. The van der Waals surface area contributed by atoms with Crippen molar-refractivity contribution in [2.24, 2.45) is 0 Å². The van der Waals surface area contributed by atoms with Crippen molar-refractivity contribution in [1.29, 1.82) is 0 Å². The second-order valence-electron chi connectivity index (χ2n) is 8.91. The van der Waals surface area contributed by atoms with Crippen molar-refractivity contribution in [3.63, 3.8) is 0 Å². The third kappa shape index (κ3) is 3.68. The van der Waals surface area contributed by atoms with Crippen molar-refractivity contribution >= 4 is 34.0 Å². The maximum absolute atomic E-state index is 15.5. The Morgan fingerprint density at radius 1 is 0.818 bits per heavy atom. The van der Waals surface area contributed by atoms with Gasteiger partial charge < -0.3 is 0 Å². The predicted molar refractivity (Wildman–Crippen MR) is 130 cm³/mol. The molecule has 3 aliphatic rings. The highest BCUT2D eigenvalue weighted by Crippen LogP contribution is 2.85. The van der Waals surface area contributed by atoms with Crippen molar-refractivity contribution in [1.82, 2.24) is 4.44 Å². The van der Waals surface area contributed by atoms with Crippen LogP contribution in [0.3, 0.4) is 0 Å². The van der Waals surface area contributed by atoms with Crippen LogP contribution in [0.25, 0.3) is 0 Å². The molecule has 2 fully saturated rings. The highest BCUT2D eigenvalue weighted by Gasteiger charge is 2.58. The van der Waals surface area contributed by atoms with Crippen molar-refractivity contribution in [2.75, 3.05) is 0 Å². The SMILES string of the molecule is Fc1ccc(P2c3c(F)cc(F)c[p+]3[C@H]3CC[C@H](c4ccccc4)P3N2C2CCC2)c(F)c1. The number of benzene rings is 2. The Hall–Kier alpha value is -1.37. The fourth-order valence-corrected chi connectivity index (χ4v) is 19.2. The van der Waals surface area contributed by atoms with Gasteiger partial charge in [-0.15, -0.1) is 0 Å². The maximum atomic E-state index is 15.5. The summed E-state index contributed by atoms with van der Waals surface area (Å²) in [5.41, 5.74) is 1.57. The predicted octanol–water partition coefficient (Wildman–Crippen LogP) is 8.16. The Bertz CT molecular complexity index is 1200. The topological polar surface area (TPSA) is 3.24 Å². The summed E-state index contributed by atoms with van der Waals surface area (Å²) in [6.45, 7) is 0. The molecule has 0 radical (unpaired) electrons. The standard InChI is InChI=1S/C25H23F4NP3/c26-17-9-10-23(20(28)13-17)33-25-21(29)14-18(27)15-31(25)24-12-11-22(16-5-2-1-3-6-16)32(24)30(33)19-7-4-8-19/h1-3,5-6,9-10,13-15,19,22,24H,4,7-8,11-12H2/q+1/t22-,24-,32?/m1/s1. The van der Waals surface area contributed by atoms with E-state index in [0.29, 0.717) is 16.0 Å². The number of rotatable bonds is 3. The molecule has 6 rings (SSSR count). The fraction of sp³-hybridized carbons (Fsp3) is 0.320. The number of hydrogen-bond donors (Lipinski definition) is 0. The van der Waals surface area contributed by atoms with Crippen LogP contribution in [-0.4, -0.2) is 10.5 Å². The Kier molecular flexibility index (Phi) is 5.82. The normalized spacial score (nSPS) is 27.7. The first-order valence-electron chi connectivity index (χ1n) is 11.3. The summed E-state index contributed by atoms with van der Waals surface area (Å²) in [5, 5.41) is 1.15. The molecular weight excluding hydrogens is 483 g/mol. The third-order valence-corrected chi connectivity index (χ3v) is 18.0. The summed E-state index contributed by atoms with van der Waals surface area (Å²) in [6.07, 6.45) is 5.03. The molecule has 3 heterocycles. The van der Waals surface area contributed by atoms with E-state index < -0.39 is 46.9 Å². The summed E-state index contributed by atoms with van der Waals surface area (Å²) < 4.78 is 61.5. The lowest BCUT2D eigenvalue weighted by atomic mass is 9.94. The lowest BCUT2D eigenvalue weighted by Gasteiger charge is -2.49. The van der Waals surface area contributed by atoms with Gasteiger partial charge in [-0.25, -0.2) is 22.0 Å². The summed E-state index contributed by atoms with van der Waals surface area (Å²) in [6, 6.07) is 15.3. The zero-order chi connectivity index (χ0) is 22.7. The van der Waals surface area contributed by atoms with E-state index >= 15 is 8.78 Å². The number of nitrogens with zero attached hydrogens (tertiary/aromatic N) is 1. The highest BCUT2D eigenvalue weighted by atomic mass is 31.2. The van der Waals surface area contributed by atoms with E-state index in [1.807, 2.05) is 18.2 Å². The summed E-state index contributed by atoms with van der Waals surface area (Å²) in [5.74, 6) is -0.705. The average molecular weight is 506 g/mol. The molecule has 5 atom stereocenters. The van der Waals surface area contributed by atoms with Gasteiger partial charge >= 0.3 is 0 Å². The first-order chi connectivity index (χ1) is 16.0. The van der Waals surface area contributed by atoms with Gasteiger partial charge in [-0.3, -0.25) is 0 Å². The molecule has 0 amide bonds. The van der Waals surface area contributed by atoms with Crippen molar-refractivity contribution in [3.8, 4) is 0 Å². The summed E-state index contributed by atoms with van der Waals surface area (Å²) >= 11 is 0. The molecular formula is C25H23F4NP3+. The van der Waals surface area contributed by atoms with E-state index in [1.54, 1.807) is 5.80 Å². The Morgan fingerprint density at radius 2 is 1.58 bits per heavy atom. The number of hydrogen-bond acceptors (Lipinski definition) is 1. The van der Waals surface area contributed by atoms with Crippen LogP contribution in [0.15, 0.2) is 60.4 Å². The van der Waals surface area contributed by atoms with Crippen molar-refractivity contribution in [2.45, 2.75) is 49.2 Å². The Labute approximate surface area is 194 Å². The minimum atomic E-state index is -1.51. The van der Waals surface area contributed by atoms with Crippen LogP contribution in [0.5, 0.6) is 0 Å². The van der Waals surface area contributed by atoms with Crippen LogP contribution in [0.1, 0.15) is 48.7 Å². The van der Waals surface area contributed by atoms with Crippen LogP contribution in [0, 0.1) is 23.3 Å². The number of fused-ring (bicyclic) bond motifs is 3. The molecule has 0 bridgehead atoms. The van der Waals surface area contributed by atoms with Crippen molar-refractivity contribution < 1.29 is 17.6 Å². The monoisotopic (exact) mass is 506 g/mol. The molecule has 2 aliphatic heterocycles. The average Bonchev–Trinajstić information content (AvgIpc) is 3.19. The minimum absolute atomic E-state index is 0.197. The van der Waals surface area contributed by atoms with Gasteiger partial charge in [0.2, 0.25) is 5.04 Å². The Morgan fingerprint density at radius 3 is 2.27 bits per heavy atom. The van der Waals surface area contributed by atoms with Gasteiger partial charge in [0, 0.05) is 37.2 Å². The second kappa shape index (κ2) is 8.69. The molecule has 1 aromatic heterocycles. The van der Waals surface area contributed by atoms with Crippen LogP contribution in [0.4, 0.5) is 17.6 Å². The maximum Gasteiger partial charge on any atom is 0.202 e. The van der Waals surface area contributed by atoms with Gasteiger partial charge in [0.05, 0.1) is 8.07 Å². The highest BCUT2D eigenvalue weighted by molar-refractivity contribution is 7.93. The molecule has 1 aliphatic carbocycles. The lowest BCUT2D eigenvalue weighted by Crippen LogP contribution is -2.41. The molecule has 3 unspecified atom stereocenters. The van der Waals surface area contributed by atoms with E-state index in [1.165, 1.54) is 17.7 Å². The smallest absolute Gasteiger partial charge is 0.202 e. The Balaban J connectivity index is 1.59. The zero-order valence-corrected chi connectivity index (χ0v) is 20.5. The molecule has 1 saturated heterocycles. The molecule has 3 aromatic rings. The van der Waals surface area contributed by atoms with E-state index in [4.69, 9.17) is 0 Å². The molecule has 1 nitrogen and oxygen atoms in total.